The van der Waals surface area contributed by atoms with E-state index in [4.69, 9.17) is 9.47 Å². The molecule has 2 heteroatoms. The Balaban J connectivity index is 2.60. The largest absolute Gasteiger partial charge is 0.473 e. The first-order valence-corrected chi connectivity index (χ1v) is 4.82. The fourth-order valence-corrected chi connectivity index (χ4v) is 1.07. The van der Waals surface area contributed by atoms with Gasteiger partial charge >= 0.3 is 0 Å². The predicted molar refractivity (Wildman–Crippen MR) is 67.1 cm³/mol. The van der Waals surface area contributed by atoms with Crippen LogP contribution in [0.5, 0.6) is 0 Å². The van der Waals surface area contributed by atoms with E-state index in [1.165, 1.54) is 12.5 Å². The predicted octanol–water partition coefficient (Wildman–Crippen LogP) is 3.95. The maximum Gasteiger partial charge on any atom is 0.0907 e. The van der Waals surface area contributed by atoms with E-state index in [-0.39, 0.29) is 0 Å². The molecule has 0 amide bonds. The van der Waals surface area contributed by atoms with Gasteiger partial charge in [0.2, 0.25) is 0 Å². The molecule has 0 saturated carbocycles. The van der Waals surface area contributed by atoms with Crippen LogP contribution in [0.1, 0.15) is 11.1 Å². The maximum absolute atomic E-state index is 4.89. The van der Waals surface area contributed by atoms with Gasteiger partial charge in [0.25, 0.3) is 0 Å². The van der Waals surface area contributed by atoms with E-state index in [1.807, 2.05) is 36.4 Å². The van der Waals surface area contributed by atoms with Gasteiger partial charge in [-0.3, -0.25) is 0 Å². The van der Waals surface area contributed by atoms with E-state index < -0.39 is 0 Å². The fourth-order valence-electron chi connectivity index (χ4n) is 1.07. The van der Waals surface area contributed by atoms with Gasteiger partial charge in [-0.1, -0.05) is 37.4 Å². The molecule has 0 atom stereocenters. The summed E-state index contributed by atoms with van der Waals surface area (Å²) in [5.74, 6) is 0. The van der Waals surface area contributed by atoms with E-state index in [0.717, 1.165) is 11.1 Å². The summed E-state index contributed by atoms with van der Waals surface area (Å²) in [5, 5.41) is 0. The van der Waals surface area contributed by atoms with Crippen molar-refractivity contribution in [3.8, 4) is 0 Å². The number of ether oxygens (including phenoxy) is 2. The molecular weight excluding hydrogens is 200 g/mol. The van der Waals surface area contributed by atoms with Gasteiger partial charge in [-0.05, 0) is 23.3 Å². The normalized spacial score (nSPS) is 10.5. The fraction of sp³-hybridized carbons (Fsp3) is 0. The van der Waals surface area contributed by atoms with Gasteiger partial charge in [-0.15, -0.1) is 0 Å². The van der Waals surface area contributed by atoms with Gasteiger partial charge in [0.1, 0.15) is 0 Å². The summed E-state index contributed by atoms with van der Waals surface area (Å²) < 4.78 is 9.77. The first kappa shape index (κ1) is 11.9. The van der Waals surface area contributed by atoms with E-state index in [9.17, 15) is 0 Å². The lowest BCUT2D eigenvalue weighted by atomic mass is 10.1. The van der Waals surface area contributed by atoms with Crippen molar-refractivity contribution in [2.45, 2.75) is 0 Å². The SMILES string of the molecule is C=COC=Cc1ccc(C=COC=C)cc1. The summed E-state index contributed by atoms with van der Waals surface area (Å²) in [7, 11) is 0. The van der Waals surface area contributed by atoms with Crippen molar-refractivity contribution in [1.29, 1.82) is 0 Å². The molecule has 0 heterocycles. The van der Waals surface area contributed by atoms with Gasteiger partial charge in [0.05, 0.1) is 25.0 Å². The molecule has 0 unspecified atom stereocenters. The number of benzene rings is 1. The van der Waals surface area contributed by atoms with Crippen LogP contribution in [0.25, 0.3) is 12.2 Å². The summed E-state index contributed by atoms with van der Waals surface area (Å²) in [6, 6.07) is 7.93. The van der Waals surface area contributed by atoms with Crippen molar-refractivity contribution in [2.24, 2.45) is 0 Å². The van der Waals surface area contributed by atoms with Crippen LogP contribution in [0.4, 0.5) is 0 Å². The summed E-state index contributed by atoms with van der Waals surface area (Å²) in [5.41, 5.74) is 2.12. The summed E-state index contributed by atoms with van der Waals surface area (Å²) in [4.78, 5) is 0. The zero-order valence-corrected chi connectivity index (χ0v) is 9.00. The Hall–Kier alpha value is -2.22. The summed E-state index contributed by atoms with van der Waals surface area (Å²) >= 11 is 0. The summed E-state index contributed by atoms with van der Waals surface area (Å²) in [6.07, 6.45) is 9.63. The third kappa shape index (κ3) is 4.33. The molecule has 0 spiro atoms. The average Bonchev–Trinajstić information content (AvgIpc) is 2.32. The van der Waals surface area contributed by atoms with Crippen LogP contribution in [-0.4, -0.2) is 0 Å². The third-order valence-electron chi connectivity index (χ3n) is 1.81. The first-order valence-electron chi connectivity index (χ1n) is 4.82. The van der Waals surface area contributed by atoms with Gasteiger partial charge in [-0.25, -0.2) is 0 Å². The zero-order valence-electron chi connectivity index (χ0n) is 9.00. The van der Waals surface area contributed by atoms with E-state index in [0.29, 0.717) is 0 Å². The lowest BCUT2D eigenvalue weighted by Crippen LogP contribution is -1.75. The highest BCUT2D eigenvalue weighted by molar-refractivity contribution is 5.54. The van der Waals surface area contributed by atoms with Crippen LogP contribution in [0.2, 0.25) is 0 Å². The Labute approximate surface area is 95.8 Å². The van der Waals surface area contributed by atoms with Gasteiger partial charge in [0, 0.05) is 0 Å². The molecule has 0 radical (unpaired) electrons. The van der Waals surface area contributed by atoms with Crippen LogP contribution >= 0.6 is 0 Å². The minimum Gasteiger partial charge on any atom is -0.473 e. The smallest absolute Gasteiger partial charge is 0.0907 e. The van der Waals surface area contributed by atoms with Crippen molar-refractivity contribution in [1.82, 2.24) is 0 Å². The molecule has 0 aromatic heterocycles. The highest BCUT2D eigenvalue weighted by Crippen LogP contribution is 2.08. The molecule has 0 saturated heterocycles. The van der Waals surface area contributed by atoms with Crippen LogP contribution in [-0.2, 0) is 9.47 Å². The maximum atomic E-state index is 4.89. The average molecular weight is 214 g/mol. The van der Waals surface area contributed by atoms with E-state index >= 15 is 0 Å². The molecule has 82 valence electrons. The van der Waals surface area contributed by atoms with Crippen molar-refractivity contribution in [3.63, 3.8) is 0 Å². The number of rotatable bonds is 6. The second-order valence-corrected chi connectivity index (χ2v) is 2.88. The molecule has 2 nitrogen and oxygen atoms in total. The highest BCUT2D eigenvalue weighted by Gasteiger charge is 1.88. The molecule has 0 aliphatic rings. The Morgan fingerprint density at radius 1 is 0.750 bits per heavy atom. The zero-order chi connectivity index (χ0) is 11.6. The topological polar surface area (TPSA) is 18.5 Å². The lowest BCUT2D eigenvalue weighted by Gasteiger charge is -1.96. The Bertz CT molecular complexity index is 347. The van der Waals surface area contributed by atoms with Gasteiger partial charge in [-0.2, -0.15) is 0 Å². The van der Waals surface area contributed by atoms with Crippen molar-refractivity contribution < 1.29 is 9.47 Å². The second-order valence-electron chi connectivity index (χ2n) is 2.88. The molecule has 1 rings (SSSR count). The number of hydrogen-bond acceptors (Lipinski definition) is 2. The summed E-state index contributed by atoms with van der Waals surface area (Å²) in [6.45, 7) is 6.89. The molecule has 1 aromatic rings. The molecular formula is C14H14O2. The van der Waals surface area contributed by atoms with Crippen LogP contribution in [0.3, 0.4) is 0 Å². The molecule has 0 fully saturated rings. The molecule has 1 aromatic carbocycles. The Morgan fingerprint density at radius 2 is 1.12 bits per heavy atom. The second kappa shape index (κ2) is 7.12. The third-order valence-corrected chi connectivity index (χ3v) is 1.81. The van der Waals surface area contributed by atoms with E-state index in [1.54, 1.807) is 12.5 Å². The lowest BCUT2D eigenvalue weighted by molar-refractivity contribution is 0.408. The van der Waals surface area contributed by atoms with E-state index in [2.05, 4.69) is 13.2 Å². The van der Waals surface area contributed by atoms with Crippen LogP contribution in [0.15, 0.2) is 62.5 Å². The van der Waals surface area contributed by atoms with Crippen LogP contribution in [0, 0.1) is 0 Å². The Morgan fingerprint density at radius 3 is 1.44 bits per heavy atom. The standard InChI is InChI=1S/C14H14O2/c1-3-15-11-9-13-5-7-14(8-6-13)10-12-16-4-2/h3-12H,1-2H2. The van der Waals surface area contributed by atoms with Gasteiger partial charge < -0.3 is 9.47 Å². The van der Waals surface area contributed by atoms with Crippen molar-refractivity contribution >= 4 is 12.2 Å². The molecule has 16 heavy (non-hydrogen) atoms. The minimum atomic E-state index is 1.06. The number of hydrogen-bond donors (Lipinski definition) is 0. The molecule has 0 bridgehead atoms. The Kier molecular flexibility index (Phi) is 5.28. The molecule has 0 N–H and O–H groups in total. The minimum absolute atomic E-state index is 1.06. The first-order chi connectivity index (χ1) is 7.86. The quantitative estimate of drug-likeness (QED) is 0.667. The molecule has 0 aliphatic heterocycles. The van der Waals surface area contributed by atoms with Crippen LogP contribution < -0.4 is 0 Å². The van der Waals surface area contributed by atoms with Crippen molar-refractivity contribution in [3.05, 3.63) is 73.6 Å². The molecule has 0 aliphatic carbocycles. The monoisotopic (exact) mass is 214 g/mol. The van der Waals surface area contributed by atoms with Gasteiger partial charge in [0.15, 0.2) is 0 Å². The highest BCUT2D eigenvalue weighted by atomic mass is 16.5. The van der Waals surface area contributed by atoms with Crippen molar-refractivity contribution in [2.75, 3.05) is 0 Å².